The van der Waals surface area contributed by atoms with E-state index in [9.17, 15) is 5.11 Å². The van der Waals surface area contributed by atoms with Crippen molar-refractivity contribution >= 4 is 0 Å². The maximum atomic E-state index is 10.8. The lowest BCUT2D eigenvalue weighted by molar-refractivity contribution is 0.0310. The summed E-state index contributed by atoms with van der Waals surface area (Å²) in [6.45, 7) is 3.79. The van der Waals surface area contributed by atoms with Crippen molar-refractivity contribution in [3.05, 3.63) is 59.9 Å². The SMILES string of the molecule is COc1ccc([C@@](C)(O)[C@H](C)c2ccccn2)cc1. The normalized spacial score (nSPS) is 15.6. The van der Waals surface area contributed by atoms with Crippen LogP contribution in [0.15, 0.2) is 48.7 Å². The highest BCUT2D eigenvalue weighted by Gasteiger charge is 2.32. The van der Waals surface area contributed by atoms with Gasteiger partial charge in [0.1, 0.15) is 5.75 Å². The van der Waals surface area contributed by atoms with E-state index in [1.807, 2.05) is 56.3 Å². The minimum Gasteiger partial charge on any atom is -0.497 e. The highest BCUT2D eigenvalue weighted by Crippen LogP contribution is 2.35. The first-order valence-corrected chi connectivity index (χ1v) is 6.33. The molecule has 0 aliphatic heterocycles. The smallest absolute Gasteiger partial charge is 0.118 e. The van der Waals surface area contributed by atoms with Crippen LogP contribution >= 0.6 is 0 Å². The number of hydrogen-bond donors (Lipinski definition) is 1. The maximum absolute atomic E-state index is 10.8. The minimum absolute atomic E-state index is 0.0953. The Balaban J connectivity index is 2.30. The summed E-state index contributed by atoms with van der Waals surface area (Å²) in [6.07, 6.45) is 1.75. The molecule has 2 atom stereocenters. The third kappa shape index (κ3) is 2.76. The molecule has 0 spiro atoms. The fourth-order valence-corrected chi connectivity index (χ4v) is 2.10. The molecule has 3 nitrogen and oxygen atoms in total. The molecule has 0 saturated carbocycles. The van der Waals surface area contributed by atoms with Gasteiger partial charge in [-0.1, -0.05) is 25.1 Å². The predicted octanol–water partition coefficient (Wildman–Crippen LogP) is 3.10. The van der Waals surface area contributed by atoms with Crippen LogP contribution in [0.5, 0.6) is 5.75 Å². The molecular formula is C16H19NO2. The van der Waals surface area contributed by atoms with E-state index in [-0.39, 0.29) is 5.92 Å². The molecule has 1 heterocycles. The van der Waals surface area contributed by atoms with Crippen LogP contribution in [0.2, 0.25) is 0 Å². The first kappa shape index (κ1) is 13.6. The summed E-state index contributed by atoms with van der Waals surface area (Å²) < 4.78 is 5.13. The van der Waals surface area contributed by atoms with Crippen LogP contribution in [0.4, 0.5) is 0 Å². The predicted molar refractivity (Wildman–Crippen MR) is 75.2 cm³/mol. The fourth-order valence-electron chi connectivity index (χ4n) is 2.10. The van der Waals surface area contributed by atoms with E-state index < -0.39 is 5.60 Å². The van der Waals surface area contributed by atoms with Gasteiger partial charge in [-0.2, -0.15) is 0 Å². The van der Waals surface area contributed by atoms with Gasteiger partial charge in [0, 0.05) is 17.8 Å². The largest absolute Gasteiger partial charge is 0.497 e. The van der Waals surface area contributed by atoms with Crippen LogP contribution < -0.4 is 4.74 Å². The van der Waals surface area contributed by atoms with Gasteiger partial charge in [0.05, 0.1) is 12.7 Å². The first-order valence-electron chi connectivity index (χ1n) is 6.33. The Morgan fingerprint density at radius 3 is 2.37 bits per heavy atom. The number of ether oxygens (including phenoxy) is 1. The zero-order valence-electron chi connectivity index (χ0n) is 11.5. The third-order valence-corrected chi connectivity index (χ3v) is 3.65. The summed E-state index contributed by atoms with van der Waals surface area (Å²) in [6, 6.07) is 13.2. The van der Waals surface area contributed by atoms with Crippen molar-refractivity contribution in [1.82, 2.24) is 4.98 Å². The standard InChI is InChI=1S/C16H19NO2/c1-12(15-6-4-5-11-17-15)16(2,18)13-7-9-14(19-3)10-8-13/h4-12,18H,1-3H3/t12-,16+/m1/s1. The third-order valence-electron chi connectivity index (χ3n) is 3.65. The number of benzene rings is 1. The van der Waals surface area contributed by atoms with Crippen LogP contribution in [0.3, 0.4) is 0 Å². The second-order valence-electron chi connectivity index (χ2n) is 4.85. The van der Waals surface area contributed by atoms with Gasteiger partial charge >= 0.3 is 0 Å². The summed E-state index contributed by atoms with van der Waals surface area (Å²) in [5.41, 5.74) is 0.760. The minimum atomic E-state index is -0.972. The zero-order chi connectivity index (χ0) is 13.9. The van der Waals surface area contributed by atoms with Crippen LogP contribution in [0.1, 0.15) is 31.0 Å². The second kappa shape index (κ2) is 5.41. The molecular weight excluding hydrogens is 238 g/mol. The molecule has 1 N–H and O–H groups in total. The molecule has 1 aromatic carbocycles. The number of methoxy groups -OCH3 is 1. The lowest BCUT2D eigenvalue weighted by Gasteiger charge is -2.30. The summed E-state index contributed by atoms with van der Waals surface area (Å²) in [4.78, 5) is 4.32. The maximum Gasteiger partial charge on any atom is 0.118 e. The lowest BCUT2D eigenvalue weighted by Crippen LogP contribution is -2.28. The van der Waals surface area contributed by atoms with Crippen molar-refractivity contribution < 1.29 is 9.84 Å². The monoisotopic (exact) mass is 257 g/mol. The molecule has 0 amide bonds. The molecule has 19 heavy (non-hydrogen) atoms. The molecule has 0 bridgehead atoms. The molecule has 0 saturated heterocycles. The number of aromatic nitrogens is 1. The van der Waals surface area contributed by atoms with Crippen LogP contribution in [-0.2, 0) is 5.60 Å². The van der Waals surface area contributed by atoms with Gasteiger partial charge in [-0.15, -0.1) is 0 Å². The number of aliphatic hydroxyl groups is 1. The van der Waals surface area contributed by atoms with Gasteiger partial charge in [0.25, 0.3) is 0 Å². The van der Waals surface area contributed by atoms with E-state index in [2.05, 4.69) is 4.98 Å². The Kier molecular flexibility index (Phi) is 3.86. The molecule has 0 radical (unpaired) electrons. The molecule has 100 valence electrons. The average Bonchev–Trinajstić information content (AvgIpc) is 2.47. The van der Waals surface area contributed by atoms with E-state index >= 15 is 0 Å². The topological polar surface area (TPSA) is 42.4 Å². The summed E-state index contributed by atoms with van der Waals surface area (Å²) in [7, 11) is 1.63. The highest BCUT2D eigenvalue weighted by atomic mass is 16.5. The van der Waals surface area contributed by atoms with Crippen LogP contribution in [0.25, 0.3) is 0 Å². The van der Waals surface area contributed by atoms with Crippen LogP contribution in [-0.4, -0.2) is 17.2 Å². The first-order chi connectivity index (χ1) is 9.05. The molecule has 2 aromatic rings. The van der Waals surface area contributed by atoms with E-state index in [4.69, 9.17) is 4.74 Å². The Labute approximate surface area is 113 Å². The van der Waals surface area contributed by atoms with Gasteiger partial charge < -0.3 is 9.84 Å². The van der Waals surface area contributed by atoms with E-state index in [0.29, 0.717) is 0 Å². The quantitative estimate of drug-likeness (QED) is 0.915. The van der Waals surface area contributed by atoms with E-state index in [1.165, 1.54) is 0 Å². The molecule has 0 aliphatic rings. The highest BCUT2D eigenvalue weighted by molar-refractivity contribution is 5.32. The van der Waals surface area contributed by atoms with Gasteiger partial charge in [-0.3, -0.25) is 4.98 Å². The Morgan fingerprint density at radius 1 is 1.16 bits per heavy atom. The molecule has 2 rings (SSSR count). The van der Waals surface area contributed by atoms with E-state index in [1.54, 1.807) is 13.3 Å². The molecule has 0 unspecified atom stereocenters. The summed E-state index contributed by atoms with van der Waals surface area (Å²) in [5.74, 6) is 0.687. The van der Waals surface area contributed by atoms with Gasteiger partial charge in [-0.05, 0) is 36.8 Å². The summed E-state index contributed by atoms with van der Waals surface area (Å²) >= 11 is 0. The van der Waals surface area contributed by atoms with Crippen molar-refractivity contribution in [2.45, 2.75) is 25.4 Å². The Bertz CT molecular complexity index is 520. The van der Waals surface area contributed by atoms with Gasteiger partial charge in [0.2, 0.25) is 0 Å². The van der Waals surface area contributed by atoms with Crippen molar-refractivity contribution in [3.8, 4) is 5.75 Å². The molecule has 0 fully saturated rings. The zero-order valence-corrected chi connectivity index (χ0v) is 11.5. The van der Waals surface area contributed by atoms with E-state index in [0.717, 1.165) is 17.0 Å². The van der Waals surface area contributed by atoms with Crippen molar-refractivity contribution in [2.24, 2.45) is 0 Å². The Morgan fingerprint density at radius 2 is 1.84 bits per heavy atom. The van der Waals surface area contributed by atoms with Crippen molar-refractivity contribution in [1.29, 1.82) is 0 Å². The number of rotatable bonds is 4. The van der Waals surface area contributed by atoms with Crippen LogP contribution in [0, 0.1) is 0 Å². The number of hydrogen-bond acceptors (Lipinski definition) is 3. The van der Waals surface area contributed by atoms with Gasteiger partial charge in [-0.25, -0.2) is 0 Å². The molecule has 1 aromatic heterocycles. The fraction of sp³-hybridized carbons (Fsp3) is 0.312. The number of pyridine rings is 1. The summed E-state index contributed by atoms with van der Waals surface area (Å²) in [5, 5.41) is 10.8. The second-order valence-corrected chi connectivity index (χ2v) is 4.85. The average molecular weight is 257 g/mol. The van der Waals surface area contributed by atoms with Crippen molar-refractivity contribution in [2.75, 3.05) is 7.11 Å². The lowest BCUT2D eigenvalue weighted by atomic mass is 9.82. The Hall–Kier alpha value is -1.87. The molecule has 0 aliphatic carbocycles. The molecule has 3 heteroatoms. The number of nitrogens with zero attached hydrogens (tertiary/aromatic N) is 1. The van der Waals surface area contributed by atoms with Gasteiger partial charge in [0.15, 0.2) is 0 Å². The van der Waals surface area contributed by atoms with Crippen molar-refractivity contribution in [3.63, 3.8) is 0 Å².